The molecule has 4 aromatic rings. The summed E-state index contributed by atoms with van der Waals surface area (Å²) in [6, 6.07) is 24.9. The summed E-state index contributed by atoms with van der Waals surface area (Å²) in [5.41, 5.74) is 2.90. The number of amides is 1. The lowest BCUT2D eigenvalue weighted by Gasteiger charge is -2.29. The molecule has 1 unspecified atom stereocenters. The van der Waals surface area contributed by atoms with Gasteiger partial charge in [0.05, 0.1) is 23.5 Å². The number of carbonyl (C=O) groups excluding carboxylic acids is 1. The number of rotatable bonds is 8. The smallest absolute Gasteiger partial charge is 0.254 e. The molecule has 4 rings (SSSR count). The van der Waals surface area contributed by atoms with Crippen LogP contribution in [0.25, 0.3) is 5.69 Å². The maximum absolute atomic E-state index is 13.5. The molecule has 3 aromatic carbocycles. The highest BCUT2D eigenvalue weighted by molar-refractivity contribution is 5.94. The van der Waals surface area contributed by atoms with Crippen LogP contribution < -0.4 is 4.74 Å². The second-order valence-corrected chi connectivity index (χ2v) is 8.23. The van der Waals surface area contributed by atoms with Crippen LogP contribution in [0.15, 0.2) is 84.9 Å². The zero-order chi connectivity index (χ0) is 24.1. The highest BCUT2D eigenvalue weighted by atomic mass is 19.1. The minimum Gasteiger partial charge on any atom is -0.439 e. The molecule has 0 saturated heterocycles. The van der Waals surface area contributed by atoms with E-state index in [1.54, 1.807) is 9.58 Å². The Kier molecular flexibility index (Phi) is 7.07. The molecule has 5 nitrogen and oxygen atoms in total. The van der Waals surface area contributed by atoms with Crippen LogP contribution in [0, 0.1) is 12.7 Å². The average molecular weight is 458 g/mol. The molecular formula is C28H28FN3O2. The fraction of sp³-hybridized carbons (Fsp3) is 0.214. The maximum Gasteiger partial charge on any atom is 0.254 e. The van der Waals surface area contributed by atoms with Crippen molar-refractivity contribution >= 4 is 5.91 Å². The van der Waals surface area contributed by atoms with Crippen molar-refractivity contribution in [3.8, 4) is 17.3 Å². The Morgan fingerprint density at radius 3 is 2.24 bits per heavy atom. The molecule has 0 spiro atoms. The van der Waals surface area contributed by atoms with E-state index in [2.05, 4.69) is 0 Å². The molecule has 0 fully saturated rings. The van der Waals surface area contributed by atoms with Crippen molar-refractivity contribution < 1.29 is 13.9 Å². The van der Waals surface area contributed by atoms with Gasteiger partial charge in [0.2, 0.25) is 5.88 Å². The van der Waals surface area contributed by atoms with E-state index >= 15 is 0 Å². The Labute approximate surface area is 199 Å². The third-order valence-electron chi connectivity index (χ3n) is 5.90. The number of para-hydroxylation sites is 2. The Hall–Kier alpha value is -3.93. The summed E-state index contributed by atoms with van der Waals surface area (Å²) in [6.45, 7) is 6.28. The SMILES string of the molecule is CCC(C)N(Cc1c(C)nn(-c2ccccc2)c1Oc1ccccc1)C(=O)c1ccc(F)cc1. The van der Waals surface area contributed by atoms with Gasteiger partial charge in [-0.25, -0.2) is 9.07 Å². The van der Waals surface area contributed by atoms with Crippen molar-refractivity contribution in [2.24, 2.45) is 0 Å². The van der Waals surface area contributed by atoms with Crippen molar-refractivity contribution in [1.82, 2.24) is 14.7 Å². The Balaban J connectivity index is 1.77. The Bertz CT molecular complexity index is 1240. The van der Waals surface area contributed by atoms with Crippen LogP contribution in [0.1, 0.15) is 41.9 Å². The van der Waals surface area contributed by atoms with Gasteiger partial charge in [-0.05, 0) is 68.8 Å². The summed E-state index contributed by atoms with van der Waals surface area (Å²) < 4.78 is 21.6. The quantitative estimate of drug-likeness (QED) is 0.301. The second-order valence-electron chi connectivity index (χ2n) is 8.23. The topological polar surface area (TPSA) is 47.4 Å². The molecule has 0 radical (unpaired) electrons. The number of aryl methyl sites for hydroxylation is 1. The number of halogens is 1. The van der Waals surface area contributed by atoms with Crippen LogP contribution in [0.3, 0.4) is 0 Å². The summed E-state index contributed by atoms with van der Waals surface area (Å²) in [5.74, 6) is 0.716. The van der Waals surface area contributed by atoms with Crippen molar-refractivity contribution in [3.05, 3.63) is 108 Å². The van der Waals surface area contributed by atoms with Gasteiger partial charge in [-0.15, -0.1) is 0 Å². The van der Waals surface area contributed by atoms with Gasteiger partial charge in [0.1, 0.15) is 11.6 Å². The predicted octanol–water partition coefficient (Wildman–Crippen LogP) is 6.55. The van der Waals surface area contributed by atoms with Crippen molar-refractivity contribution in [1.29, 1.82) is 0 Å². The zero-order valence-corrected chi connectivity index (χ0v) is 19.6. The Morgan fingerprint density at radius 2 is 1.62 bits per heavy atom. The van der Waals surface area contributed by atoms with E-state index in [9.17, 15) is 9.18 Å². The van der Waals surface area contributed by atoms with Crippen LogP contribution in [0.2, 0.25) is 0 Å². The van der Waals surface area contributed by atoms with E-state index in [4.69, 9.17) is 9.84 Å². The normalized spacial score (nSPS) is 11.8. The fourth-order valence-electron chi connectivity index (χ4n) is 3.75. The highest BCUT2D eigenvalue weighted by Gasteiger charge is 2.26. The molecule has 0 bridgehead atoms. The third-order valence-corrected chi connectivity index (χ3v) is 5.90. The fourth-order valence-corrected chi connectivity index (χ4v) is 3.75. The molecule has 0 aliphatic rings. The molecule has 1 amide bonds. The molecule has 0 saturated carbocycles. The van der Waals surface area contributed by atoms with Gasteiger partial charge in [-0.1, -0.05) is 43.3 Å². The van der Waals surface area contributed by atoms with Gasteiger partial charge in [0, 0.05) is 11.6 Å². The highest BCUT2D eigenvalue weighted by Crippen LogP contribution is 2.32. The maximum atomic E-state index is 13.5. The standard InChI is InChI=1S/C28H28FN3O2/c1-4-20(2)31(27(33)22-15-17-23(29)18-16-22)19-26-21(3)30-32(24-11-7-5-8-12-24)28(26)34-25-13-9-6-10-14-25/h5-18,20H,4,19H2,1-3H3. The number of ether oxygens (including phenoxy) is 1. The molecule has 1 atom stereocenters. The first-order valence-electron chi connectivity index (χ1n) is 11.4. The molecule has 34 heavy (non-hydrogen) atoms. The number of benzene rings is 3. The minimum atomic E-state index is -0.370. The van der Waals surface area contributed by atoms with Crippen molar-refractivity contribution in [3.63, 3.8) is 0 Å². The zero-order valence-electron chi connectivity index (χ0n) is 19.6. The molecular weight excluding hydrogens is 429 g/mol. The van der Waals surface area contributed by atoms with Crippen LogP contribution in [0.5, 0.6) is 11.6 Å². The summed E-state index contributed by atoms with van der Waals surface area (Å²) in [6.07, 6.45) is 0.772. The van der Waals surface area contributed by atoms with Crippen molar-refractivity contribution in [2.75, 3.05) is 0 Å². The molecule has 1 aromatic heterocycles. The second kappa shape index (κ2) is 10.3. The number of aromatic nitrogens is 2. The summed E-state index contributed by atoms with van der Waals surface area (Å²) >= 11 is 0. The van der Waals surface area contributed by atoms with E-state index in [0.29, 0.717) is 23.7 Å². The molecule has 0 aliphatic carbocycles. The molecule has 0 aliphatic heterocycles. The average Bonchev–Trinajstić information content (AvgIpc) is 3.17. The van der Waals surface area contributed by atoms with Gasteiger partial charge in [0.25, 0.3) is 5.91 Å². The number of hydrogen-bond acceptors (Lipinski definition) is 3. The van der Waals surface area contributed by atoms with Gasteiger partial charge in [-0.2, -0.15) is 5.10 Å². The lowest BCUT2D eigenvalue weighted by molar-refractivity contribution is 0.0670. The third kappa shape index (κ3) is 5.01. The monoisotopic (exact) mass is 457 g/mol. The Morgan fingerprint density at radius 1 is 1.00 bits per heavy atom. The van der Waals surface area contributed by atoms with Gasteiger partial charge in [-0.3, -0.25) is 4.79 Å². The van der Waals surface area contributed by atoms with Crippen molar-refractivity contribution in [2.45, 2.75) is 39.8 Å². The van der Waals surface area contributed by atoms with Gasteiger partial charge < -0.3 is 9.64 Å². The van der Waals surface area contributed by atoms with Crippen LogP contribution >= 0.6 is 0 Å². The van der Waals surface area contributed by atoms with Crippen LogP contribution in [0.4, 0.5) is 4.39 Å². The lowest BCUT2D eigenvalue weighted by Crippen LogP contribution is -2.38. The lowest BCUT2D eigenvalue weighted by atomic mass is 10.1. The summed E-state index contributed by atoms with van der Waals surface area (Å²) in [5, 5.41) is 4.76. The molecule has 6 heteroatoms. The minimum absolute atomic E-state index is 0.0402. The molecule has 0 N–H and O–H groups in total. The first-order chi connectivity index (χ1) is 16.5. The number of nitrogens with zero attached hydrogens (tertiary/aromatic N) is 3. The molecule has 1 heterocycles. The van der Waals surface area contributed by atoms with E-state index in [-0.39, 0.29) is 17.8 Å². The van der Waals surface area contributed by atoms with Crippen LogP contribution in [-0.2, 0) is 6.54 Å². The number of carbonyl (C=O) groups is 1. The largest absolute Gasteiger partial charge is 0.439 e. The summed E-state index contributed by atoms with van der Waals surface area (Å²) in [4.78, 5) is 15.3. The van der Waals surface area contributed by atoms with Crippen LogP contribution in [-0.4, -0.2) is 26.6 Å². The predicted molar refractivity (Wildman–Crippen MR) is 131 cm³/mol. The van der Waals surface area contributed by atoms with E-state index in [0.717, 1.165) is 23.4 Å². The molecule has 174 valence electrons. The summed E-state index contributed by atoms with van der Waals surface area (Å²) in [7, 11) is 0. The number of hydrogen-bond donors (Lipinski definition) is 0. The van der Waals surface area contributed by atoms with E-state index < -0.39 is 0 Å². The van der Waals surface area contributed by atoms with E-state index in [1.165, 1.54) is 24.3 Å². The van der Waals surface area contributed by atoms with Gasteiger partial charge >= 0.3 is 0 Å². The van der Waals surface area contributed by atoms with E-state index in [1.807, 2.05) is 81.4 Å². The first kappa shape index (κ1) is 23.2. The first-order valence-corrected chi connectivity index (χ1v) is 11.4. The van der Waals surface area contributed by atoms with Gasteiger partial charge in [0.15, 0.2) is 0 Å².